The molecule has 2 aromatic carbocycles. The van der Waals surface area contributed by atoms with Gasteiger partial charge in [0.05, 0.1) is 42.7 Å². The Morgan fingerprint density at radius 3 is 2.65 bits per heavy atom. The van der Waals surface area contributed by atoms with Gasteiger partial charge in [0.25, 0.3) is 5.91 Å². The maximum absolute atomic E-state index is 14.1. The largest absolute Gasteiger partial charge is 0.508 e. The number of aliphatic hydroxyl groups is 1. The number of hydrogen-bond donors (Lipinski definition) is 2. The van der Waals surface area contributed by atoms with Gasteiger partial charge < -0.3 is 34.4 Å². The van der Waals surface area contributed by atoms with Gasteiger partial charge in [-0.15, -0.1) is 6.42 Å². The number of amides is 1. The van der Waals surface area contributed by atoms with E-state index in [1.807, 2.05) is 19.1 Å². The molecule has 0 bridgehead atoms. The molecule has 2 saturated heterocycles. The average Bonchev–Trinajstić information content (AvgIpc) is 3.68. The maximum atomic E-state index is 14.1. The molecule has 0 spiro atoms. The molecule has 1 saturated carbocycles. The minimum atomic E-state index is -0.842. The number of fused-ring (bicyclic) bond motifs is 2. The summed E-state index contributed by atoms with van der Waals surface area (Å²) in [6.07, 6.45) is 12.1. The molecule has 0 unspecified atom stereocenters. The Morgan fingerprint density at radius 2 is 1.93 bits per heavy atom. The van der Waals surface area contributed by atoms with Crippen molar-refractivity contribution in [3.63, 3.8) is 0 Å². The van der Waals surface area contributed by atoms with E-state index in [2.05, 4.69) is 15.7 Å². The van der Waals surface area contributed by atoms with E-state index in [9.17, 15) is 15.0 Å². The molecule has 1 aliphatic carbocycles. The van der Waals surface area contributed by atoms with Crippen molar-refractivity contribution in [1.29, 1.82) is 0 Å². The number of carbonyl (C=O) groups is 1. The number of phenols is 1. The van der Waals surface area contributed by atoms with Crippen LogP contribution in [-0.2, 0) is 17.8 Å². The predicted octanol–water partition coefficient (Wildman–Crippen LogP) is 4.09. The number of aromatic hydroxyl groups is 1. The normalized spacial score (nSPS) is 22.9. The van der Waals surface area contributed by atoms with Crippen LogP contribution in [0.3, 0.4) is 0 Å². The average molecular weight is 626 g/mol. The molecule has 0 radical (unpaired) electrons. The number of carbonyl (C=O) groups excluding carboxylic acids is 1. The lowest BCUT2D eigenvalue weighted by molar-refractivity contribution is 0.0312. The highest BCUT2D eigenvalue weighted by Crippen LogP contribution is 2.47. The Labute approximate surface area is 270 Å². The highest BCUT2D eigenvalue weighted by atomic mass is 16.5. The number of terminal acetylenes is 1. The number of phenolic OH excluding ortho intramolecular Hbond substituents is 1. The van der Waals surface area contributed by atoms with E-state index in [1.54, 1.807) is 24.1 Å². The van der Waals surface area contributed by atoms with Crippen molar-refractivity contribution in [2.45, 2.75) is 70.2 Å². The predicted molar refractivity (Wildman–Crippen MR) is 175 cm³/mol. The second-order valence-corrected chi connectivity index (χ2v) is 14.0. The SMILES string of the molecule is C#Cc1cccc2cc(O)cc(C(=O)N3Cc4nc(OCC5(CN6CCC(OC)CC6)CC5)nc(N5CCC[C@@](C)(O)C5)c4C3)c12. The van der Waals surface area contributed by atoms with Gasteiger partial charge in [-0.1, -0.05) is 18.1 Å². The number of benzene rings is 2. The van der Waals surface area contributed by atoms with Crippen molar-refractivity contribution in [2.75, 3.05) is 51.3 Å². The number of hydrogen-bond acceptors (Lipinski definition) is 9. The molecule has 3 fully saturated rings. The van der Waals surface area contributed by atoms with Crippen LogP contribution >= 0.6 is 0 Å². The number of rotatable bonds is 8. The van der Waals surface area contributed by atoms with Crippen LogP contribution < -0.4 is 9.64 Å². The van der Waals surface area contributed by atoms with Crippen molar-refractivity contribution in [3.8, 4) is 24.1 Å². The Hall–Kier alpha value is -3.91. The van der Waals surface area contributed by atoms with Crippen LogP contribution in [0, 0.1) is 17.8 Å². The first-order chi connectivity index (χ1) is 22.2. The highest BCUT2D eigenvalue weighted by molar-refractivity contribution is 6.09. The number of ether oxygens (including phenoxy) is 2. The number of aromatic nitrogens is 2. The third kappa shape index (κ3) is 6.11. The standard InChI is InChI=1S/C36H43N5O5/c1-4-24-7-5-8-25-17-26(42)18-28(31(24)25)33(43)41-19-29-30(20-41)37-34(38-32(29)40-14-6-11-35(2,44)21-40)46-23-36(12-13-36)22-39-15-9-27(45-3)10-16-39/h1,5,7-8,17-18,27,42,44H,6,9-16,19-23H2,2-3H3/t35-/m1/s1. The molecule has 7 rings (SSSR count). The number of nitrogens with zero attached hydrogens (tertiary/aromatic N) is 5. The zero-order valence-corrected chi connectivity index (χ0v) is 26.8. The molecule has 4 aliphatic rings. The molecule has 1 atom stereocenters. The van der Waals surface area contributed by atoms with Crippen LogP contribution in [-0.4, -0.2) is 94.0 Å². The molecule has 46 heavy (non-hydrogen) atoms. The third-order valence-corrected chi connectivity index (χ3v) is 10.2. The maximum Gasteiger partial charge on any atom is 0.318 e. The molecule has 1 aromatic heterocycles. The first kappa shape index (κ1) is 30.7. The minimum Gasteiger partial charge on any atom is -0.508 e. The summed E-state index contributed by atoms with van der Waals surface area (Å²) >= 11 is 0. The highest BCUT2D eigenvalue weighted by Gasteiger charge is 2.45. The van der Waals surface area contributed by atoms with Crippen molar-refractivity contribution >= 4 is 22.5 Å². The number of anilines is 1. The molecule has 4 heterocycles. The van der Waals surface area contributed by atoms with Crippen LogP contribution in [0.1, 0.15) is 72.6 Å². The lowest BCUT2D eigenvalue weighted by atomic mass is 9.95. The molecular formula is C36H43N5O5. The van der Waals surface area contributed by atoms with Crippen LogP contribution in [0.4, 0.5) is 5.82 Å². The van der Waals surface area contributed by atoms with Crippen LogP contribution in [0.2, 0.25) is 0 Å². The van der Waals surface area contributed by atoms with Crippen molar-refractivity contribution in [3.05, 3.63) is 52.7 Å². The third-order valence-electron chi connectivity index (χ3n) is 10.2. The summed E-state index contributed by atoms with van der Waals surface area (Å²) in [5, 5.41) is 22.8. The van der Waals surface area contributed by atoms with E-state index in [-0.39, 0.29) is 23.6 Å². The second kappa shape index (κ2) is 12.0. The quantitative estimate of drug-likeness (QED) is 0.358. The van der Waals surface area contributed by atoms with Crippen LogP contribution in [0.15, 0.2) is 30.3 Å². The summed E-state index contributed by atoms with van der Waals surface area (Å²) < 4.78 is 11.9. The van der Waals surface area contributed by atoms with Crippen molar-refractivity contribution in [1.82, 2.24) is 19.8 Å². The monoisotopic (exact) mass is 625 g/mol. The zero-order chi connectivity index (χ0) is 32.1. The van der Waals surface area contributed by atoms with Gasteiger partial charge in [-0.2, -0.15) is 9.97 Å². The van der Waals surface area contributed by atoms with Crippen molar-refractivity contribution < 1.29 is 24.5 Å². The summed E-state index contributed by atoms with van der Waals surface area (Å²) in [6, 6.07) is 8.89. The fourth-order valence-corrected chi connectivity index (χ4v) is 7.48. The Balaban J connectivity index is 1.15. The molecule has 3 aliphatic heterocycles. The van der Waals surface area contributed by atoms with Gasteiger partial charge in [-0.3, -0.25) is 4.79 Å². The topological polar surface area (TPSA) is 111 Å². The molecule has 10 nitrogen and oxygen atoms in total. The minimum absolute atomic E-state index is 0.00511. The number of piperidine rings is 2. The van der Waals surface area contributed by atoms with Gasteiger partial charge >= 0.3 is 6.01 Å². The fourth-order valence-electron chi connectivity index (χ4n) is 7.48. The number of likely N-dealkylation sites (tertiary alicyclic amines) is 1. The summed E-state index contributed by atoms with van der Waals surface area (Å²) in [5.74, 6) is 3.17. The molecule has 1 amide bonds. The second-order valence-electron chi connectivity index (χ2n) is 14.0. The molecule has 242 valence electrons. The summed E-state index contributed by atoms with van der Waals surface area (Å²) in [5.41, 5.74) is 1.82. The molecule has 2 N–H and O–H groups in total. The van der Waals surface area contributed by atoms with Gasteiger partial charge in [0, 0.05) is 61.8 Å². The summed E-state index contributed by atoms with van der Waals surface area (Å²) in [6.45, 7) is 7.24. The van der Waals surface area contributed by atoms with E-state index in [4.69, 9.17) is 25.9 Å². The molecular weight excluding hydrogens is 582 g/mol. The first-order valence-corrected chi connectivity index (χ1v) is 16.4. The van der Waals surface area contributed by atoms with Gasteiger partial charge in [0.1, 0.15) is 11.6 Å². The lowest BCUT2D eigenvalue weighted by Crippen LogP contribution is -2.47. The first-order valence-electron chi connectivity index (χ1n) is 16.4. The molecule has 3 aromatic rings. The Kier molecular flexibility index (Phi) is 8.04. The van der Waals surface area contributed by atoms with Gasteiger partial charge in [-0.25, -0.2) is 0 Å². The van der Waals surface area contributed by atoms with Crippen LogP contribution in [0.5, 0.6) is 11.8 Å². The van der Waals surface area contributed by atoms with Gasteiger partial charge in [-0.05, 0) is 69.0 Å². The summed E-state index contributed by atoms with van der Waals surface area (Å²) in [4.78, 5) is 30.3. The van der Waals surface area contributed by atoms with Gasteiger partial charge in [0.15, 0.2) is 0 Å². The van der Waals surface area contributed by atoms with Crippen molar-refractivity contribution in [2.24, 2.45) is 5.41 Å². The van der Waals surface area contributed by atoms with Gasteiger partial charge in [0.2, 0.25) is 0 Å². The van der Waals surface area contributed by atoms with E-state index in [0.29, 0.717) is 59.5 Å². The fraction of sp³-hybridized carbons (Fsp3) is 0.528. The number of β-amino-alcohol motifs (C(OH)–C–C–N with tert-alkyl or cyclic N) is 1. The van der Waals surface area contributed by atoms with E-state index < -0.39 is 5.60 Å². The smallest absolute Gasteiger partial charge is 0.318 e. The lowest BCUT2D eigenvalue weighted by Gasteiger charge is -2.38. The van der Waals surface area contributed by atoms with E-state index in [1.165, 1.54) is 6.07 Å². The van der Waals surface area contributed by atoms with Crippen LogP contribution in [0.25, 0.3) is 10.8 Å². The summed E-state index contributed by atoms with van der Waals surface area (Å²) in [7, 11) is 1.80. The Morgan fingerprint density at radius 1 is 1.13 bits per heavy atom. The molecule has 10 heteroatoms. The van der Waals surface area contributed by atoms with E-state index >= 15 is 0 Å². The zero-order valence-electron chi connectivity index (χ0n) is 26.8. The Bertz CT molecular complexity index is 1690. The van der Waals surface area contributed by atoms with E-state index in [0.717, 1.165) is 76.0 Å². The number of methoxy groups -OCH3 is 1.